The monoisotopic (exact) mass is 484 g/mol. The highest BCUT2D eigenvalue weighted by molar-refractivity contribution is 8.04. The zero-order valence-corrected chi connectivity index (χ0v) is 20.1. The van der Waals surface area contributed by atoms with E-state index in [0.29, 0.717) is 40.9 Å². The number of halogens is 1. The molecule has 1 saturated heterocycles. The number of esters is 1. The summed E-state index contributed by atoms with van der Waals surface area (Å²) in [5.41, 5.74) is 2.04. The second-order valence-corrected chi connectivity index (χ2v) is 9.57. The maximum Gasteiger partial charge on any atom is 0.310 e. The van der Waals surface area contributed by atoms with E-state index in [0.717, 1.165) is 23.3 Å². The van der Waals surface area contributed by atoms with Crippen molar-refractivity contribution in [2.45, 2.75) is 24.7 Å². The summed E-state index contributed by atoms with van der Waals surface area (Å²) in [5.74, 6) is -0.823. The number of hydrogen-bond donors (Lipinski definition) is 0. The molecular formula is C25H25ClN2O4S. The van der Waals surface area contributed by atoms with Crippen molar-refractivity contribution in [1.29, 1.82) is 0 Å². The van der Waals surface area contributed by atoms with Gasteiger partial charge in [0.1, 0.15) is 0 Å². The van der Waals surface area contributed by atoms with Crippen LogP contribution in [0.4, 0.5) is 5.69 Å². The van der Waals surface area contributed by atoms with E-state index in [-0.39, 0.29) is 23.7 Å². The number of piperidine rings is 1. The molecule has 1 fully saturated rings. The SMILES string of the molecule is CCOC(=O)[C@@H]1CCCN(C(=O)c2ccc3c(c2)N(C)C(=O)/C(=C/c2cccc(Cl)c2)S3)C1. The molecule has 0 radical (unpaired) electrons. The third kappa shape index (κ3) is 5.09. The van der Waals surface area contributed by atoms with Crippen LogP contribution in [0.5, 0.6) is 0 Å². The van der Waals surface area contributed by atoms with Gasteiger partial charge in [-0.2, -0.15) is 0 Å². The molecule has 2 amide bonds. The molecule has 0 aromatic heterocycles. The summed E-state index contributed by atoms with van der Waals surface area (Å²) < 4.78 is 5.14. The summed E-state index contributed by atoms with van der Waals surface area (Å²) in [6.45, 7) is 3.06. The van der Waals surface area contributed by atoms with E-state index in [9.17, 15) is 14.4 Å². The number of hydrogen-bond acceptors (Lipinski definition) is 5. The molecule has 4 rings (SSSR count). The Kier molecular flexibility index (Phi) is 7.10. The van der Waals surface area contributed by atoms with Crippen LogP contribution in [0, 0.1) is 5.92 Å². The fourth-order valence-corrected chi connectivity index (χ4v) is 5.36. The Morgan fingerprint density at radius 2 is 2.06 bits per heavy atom. The zero-order valence-electron chi connectivity index (χ0n) is 18.5. The Morgan fingerprint density at radius 1 is 1.24 bits per heavy atom. The Bertz CT molecular complexity index is 1130. The molecule has 2 aliphatic rings. The Balaban J connectivity index is 1.55. The normalized spacial score (nSPS) is 19.4. The number of anilines is 1. The van der Waals surface area contributed by atoms with Crippen LogP contribution >= 0.6 is 23.4 Å². The Hall–Kier alpha value is -2.77. The van der Waals surface area contributed by atoms with Gasteiger partial charge in [-0.3, -0.25) is 14.4 Å². The van der Waals surface area contributed by atoms with E-state index in [1.54, 1.807) is 42.0 Å². The number of ether oxygens (including phenoxy) is 1. The number of thioether (sulfide) groups is 1. The first kappa shape index (κ1) is 23.4. The van der Waals surface area contributed by atoms with Gasteiger partial charge < -0.3 is 14.5 Å². The fraction of sp³-hybridized carbons (Fsp3) is 0.320. The highest BCUT2D eigenvalue weighted by Crippen LogP contribution is 2.42. The topological polar surface area (TPSA) is 66.9 Å². The molecule has 2 aliphatic heterocycles. The number of likely N-dealkylation sites (N-methyl/N-ethyl adjacent to an activating group) is 1. The number of carbonyl (C=O) groups excluding carboxylic acids is 3. The minimum absolute atomic E-state index is 0.141. The lowest BCUT2D eigenvalue weighted by molar-refractivity contribution is -0.149. The highest BCUT2D eigenvalue weighted by atomic mass is 35.5. The minimum Gasteiger partial charge on any atom is -0.466 e. The summed E-state index contributed by atoms with van der Waals surface area (Å²) in [7, 11) is 1.71. The van der Waals surface area contributed by atoms with Gasteiger partial charge in [-0.15, -0.1) is 0 Å². The fourth-order valence-electron chi connectivity index (χ4n) is 4.07. The second kappa shape index (κ2) is 10.0. The molecule has 8 heteroatoms. The van der Waals surface area contributed by atoms with Gasteiger partial charge in [-0.25, -0.2) is 0 Å². The number of carbonyl (C=O) groups is 3. The van der Waals surface area contributed by atoms with Gasteiger partial charge in [0.25, 0.3) is 11.8 Å². The summed E-state index contributed by atoms with van der Waals surface area (Å²) in [6, 6.07) is 12.7. The van der Waals surface area contributed by atoms with Gasteiger partial charge in [0.15, 0.2) is 0 Å². The number of fused-ring (bicyclic) bond motifs is 1. The quantitative estimate of drug-likeness (QED) is 0.457. The molecule has 2 heterocycles. The molecule has 1 atom stereocenters. The average Bonchev–Trinajstić information content (AvgIpc) is 2.82. The van der Waals surface area contributed by atoms with Crippen LogP contribution < -0.4 is 4.90 Å². The van der Waals surface area contributed by atoms with Crippen molar-refractivity contribution in [3.8, 4) is 0 Å². The maximum atomic E-state index is 13.2. The molecule has 2 aromatic rings. The van der Waals surface area contributed by atoms with Gasteiger partial charge in [0, 0.05) is 35.6 Å². The molecule has 0 N–H and O–H groups in total. The molecule has 172 valence electrons. The molecule has 0 unspecified atom stereocenters. The summed E-state index contributed by atoms with van der Waals surface area (Å²) in [6.07, 6.45) is 3.30. The van der Waals surface area contributed by atoms with Crippen LogP contribution in [0.3, 0.4) is 0 Å². The molecule has 6 nitrogen and oxygen atoms in total. The van der Waals surface area contributed by atoms with E-state index in [1.165, 1.54) is 11.8 Å². The largest absolute Gasteiger partial charge is 0.466 e. The Labute approximate surface area is 202 Å². The first-order chi connectivity index (χ1) is 15.9. The number of nitrogens with zero attached hydrogens (tertiary/aromatic N) is 2. The predicted molar refractivity (Wildman–Crippen MR) is 130 cm³/mol. The molecular weight excluding hydrogens is 460 g/mol. The van der Waals surface area contributed by atoms with Crippen molar-refractivity contribution in [1.82, 2.24) is 4.90 Å². The molecule has 0 saturated carbocycles. The third-order valence-corrected chi connectivity index (χ3v) is 7.09. The van der Waals surface area contributed by atoms with Crippen molar-refractivity contribution in [2.75, 3.05) is 31.6 Å². The molecule has 0 spiro atoms. The van der Waals surface area contributed by atoms with Crippen molar-refractivity contribution in [3.05, 3.63) is 63.5 Å². The van der Waals surface area contributed by atoms with Crippen LogP contribution in [0.2, 0.25) is 5.02 Å². The van der Waals surface area contributed by atoms with Crippen LogP contribution in [0.25, 0.3) is 6.08 Å². The van der Waals surface area contributed by atoms with Crippen LogP contribution in [0.1, 0.15) is 35.7 Å². The van der Waals surface area contributed by atoms with E-state index >= 15 is 0 Å². The number of amides is 2. The van der Waals surface area contributed by atoms with Crippen molar-refractivity contribution < 1.29 is 19.1 Å². The number of rotatable bonds is 4. The molecule has 33 heavy (non-hydrogen) atoms. The van der Waals surface area contributed by atoms with Gasteiger partial charge in [0.2, 0.25) is 0 Å². The van der Waals surface area contributed by atoms with Crippen molar-refractivity contribution in [3.63, 3.8) is 0 Å². The van der Waals surface area contributed by atoms with Gasteiger partial charge in [0.05, 0.1) is 23.1 Å². The van der Waals surface area contributed by atoms with Crippen molar-refractivity contribution >= 4 is 52.9 Å². The average molecular weight is 485 g/mol. The summed E-state index contributed by atoms with van der Waals surface area (Å²) in [5, 5.41) is 0.609. The molecule has 2 aromatic carbocycles. The van der Waals surface area contributed by atoms with E-state index in [4.69, 9.17) is 16.3 Å². The zero-order chi connectivity index (χ0) is 23.5. The van der Waals surface area contributed by atoms with Gasteiger partial charge in [-0.05, 0) is 61.7 Å². The van der Waals surface area contributed by atoms with Crippen LogP contribution in [0.15, 0.2) is 52.3 Å². The predicted octanol–water partition coefficient (Wildman–Crippen LogP) is 4.86. The van der Waals surface area contributed by atoms with Crippen molar-refractivity contribution in [2.24, 2.45) is 5.92 Å². The van der Waals surface area contributed by atoms with Gasteiger partial charge in [-0.1, -0.05) is 35.5 Å². The number of likely N-dealkylation sites (tertiary alicyclic amines) is 1. The van der Waals surface area contributed by atoms with E-state index in [1.807, 2.05) is 30.3 Å². The molecule has 0 bridgehead atoms. The lowest BCUT2D eigenvalue weighted by atomic mass is 9.97. The van der Waals surface area contributed by atoms with Gasteiger partial charge >= 0.3 is 5.97 Å². The van der Waals surface area contributed by atoms with Crippen LogP contribution in [-0.4, -0.2) is 49.4 Å². The lowest BCUT2D eigenvalue weighted by Crippen LogP contribution is -2.43. The van der Waals surface area contributed by atoms with E-state index < -0.39 is 0 Å². The summed E-state index contributed by atoms with van der Waals surface area (Å²) in [4.78, 5) is 43.1. The third-order valence-electron chi connectivity index (χ3n) is 5.78. The highest BCUT2D eigenvalue weighted by Gasteiger charge is 2.31. The van der Waals surface area contributed by atoms with E-state index in [2.05, 4.69) is 0 Å². The smallest absolute Gasteiger partial charge is 0.310 e. The van der Waals surface area contributed by atoms with Crippen LogP contribution in [-0.2, 0) is 14.3 Å². The first-order valence-electron chi connectivity index (χ1n) is 10.9. The standard InChI is InChI=1S/C25H25ClN2O4S/c1-3-32-25(31)18-7-5-11-28(15-18)23(29)17-9-10-21-20(14-17)27(2)24(30)22(33-21)13-16-6-4-8-19(26)12-16/h4,6,8-10,12-14,18H,3,5,7,11,15H2,1-2H3/b22-13-/t18-/m1/s1. The number of benzene rings is 2. The summed E-state index contributed by atoms with van der Waals surface area (Å²) >= 11 is 7.44. The maximum absolute atomic E-state index is 13.2. The Morgan fingerprint density at radius 3 is 2.82 bits per heavy atom. The first-order valence-corrected chi connectivity index (χ1v) is 12.1. The minimum atomic E-state index is -0.292. The lowest BCUT2D eigenvalue weighted by Gasteiger charge is -2.32. The molecule has 0 aliphatic carbocycles. The second-order valence-electron chi connectivity index (χ2n) is 8.05.